The van der Waals surface area contributed by atoms with Crippen molar-refractivity contribution in [3.05, 3.63) is 0 Å². The normalized spacial score (nSPS) is 40.1. The molecule has 1 N–H and O–H groups in total. The molecule has 0 amide bonds. The van der Waals surface area contributed by atoms with Crippen molar-refractivity contribution in [3.8, 4) is 0 Å². The molecule has 1 aliphatic heterocycles. The van der Waals surface area contributed by atoms with Gasteiger partial charge in [0.25, 0.3) is 0 Å². The van der Waals surface area contributed by atoms with Crippen LogP contribution in [0.2, 0.25) is 0 Å². The van der Waals surface area contributed by atoms with Gasteiger partial charge in [0, 0.05) is 0 Å². The largest absolute Gasteiger partial charge is 0.442 e. The van der Waals surface area contributed by atoms with Crippen molar-refractivity contribution in [2.24, 2.45) is 0 Å². The monoisotopic (exact) mass is 132 g/mol. The van der Waals surface area contributed by atoms with E-state index < -0.39 is 0 Å². The van der Waals surface area contributed by atoms with Crippen molar-refractivity contribution in [2.75, 3.05) is 0 Å². The minimum absolute atomic E-state index is 0.306. The predicted octanol–water partition coefficient (Wildman–Crippen LogP) is -0.803. The van der Waals surface area contributed by atoms with Gasteiger partial charge in [-0.1, -0.05) is 0 Å². The van der Waals surface area contributed by atoms with Crippen LogP contribution in [0.25, 0.3) is 0 Å². The van der Waals surface area contributed by atoms with Gasteiger partial charge in [-0.25, -0.2) is 0 Å². The van der Waals surface area contributed by atoms with Crippen molar-refractivity contribution in [3.63, 3.8) is 0 Å². The summed E-state index contributed by atoms with van der Waals surface area (Å²) in [5.41, 5.74) is 0. The molecule has 0 spiro atoms. The molecule has 2 unspecified atom stereocenters. The van der Waals surface area contributed by atoms with Gasteiger partial charge in [0.15, 0.2) is 0 Å². The van der Waals surface area contributed by atoms with Crippen molar-refractivity contribution in [2.45, 2.75) is 31.5 Å². The number of hydrogen-bond donors (Lipinski definition) is 1. The Bertz CT molecular complexity index is 68.8. The molecule has 3 heteroatoms. The Kier molecular flexibility index (Phi) is 2.05. The third-order valence-corrected chi connectivity index (χ3v) is 1.66. The lowest BCUT2D eigenvalue weighted by Crippen LogP contribution is -1.74. The maximum Gasteiger partial charge on any atom is 0.141 e. The minimum atomic E-state index is 0.306. The second kappa shape index (κ2) is 2.62. The van der Waals surface area contributed by atoms with Gasteiger partial charge in [-0.15, -0.1) is 0 Å². The Labute approximate surface area is 52.4 Å². The van der Waals surface area contributed by atoms with Gasteiger partial charge in [-0.2, -0.15) is 0 Å². The van der Waals surface area contributed by atoms with E-state index in [1.54, 1.807) is 0 Å². The molecule has 0 aromatic heterocycles. The Morgan fingerprint density at radius 1 is 1.25 bits per heavy atom. The SMILES string of the molecule is C1CC2OC2C1.O[SiH3]. The number of hydrogen-bond acceptors (Lipinski definition) is 2. The van der Waals surface area contributed by atoms with Crippen LogP contribution in [0.15, 0.2) is 0 Å². The van der Waals surface area contributed by atoms with Crippen molar-refractivity contribution < 1.29 is 9.53 Å². The zero-order valence-electron chi connectivity index (χ0n) is 5.13. The zero-order valence-corrected chi connectivity index (χ0v) is 7.13. The first-order valence-corrected chi connectivity index (χ1v) is 3.96. The van der Waals surface area contributed by atoms with E-state index in [2.05, 4.69) is 0 Å². The third-order valence-electron chi connectivity index (χ3n) is 1.66. The van der Waals surface area contributed by atoms with Gasteiger partial charge in [-0.3, -0.25) is 0 Å². The highest BCUT2D eigenvalue weighted by Crippen LogP contribution is 2.37. The van der Waals surface area contributed by atoms with Gasteiger partial charge in [0.1, 0.15) is 10.5 Å². The molecule has 8 heavy (non-hydrogen) atoms. The van der Waals surface area contributed by atoms with E-state index in [1.807, 2.05) is 0 Å². The molecule has 1 aliphatic carbocycles. The molecular weight excluding hydrogens is 120 g/mol. The maximum atomic E-state index is 7.14. The summed E-state index contributed by atoms with van der Waals surface area (Å²) in [6, 6.07) is 0. The summed E-state index contributed by atoms with van der Waals surface area (Å²) >= 11 is 0. The molecule has 2 rings (SSSR count). The first-order valence-electron chi connectivity index (χ1n) is 3.07. The summed E-state index contributed by atoms with van der Waals surface area (Å²) in [5, 5.41) is 0. The lowest BCUT2D eigenvalue weighted by Gasteiger charge is -1.81. The summed E-state index contributed by atoms with van der Waals surface area (Å²) < 4.78 is 5.15. The van der Waals surface area contributed by atoms with Crippen LogP contribution >= 0.6 is 0 Å². The smallest absolute Gasteiger partial charge is 0.141 e. The van der Waals surface area contributed by atoms with E-state index in [-0.39, 0.29) is 0 Å². The van der Waals surface area contributed by atoms with Crippen LogP contribution in [-0.2, 0) is 4.74 Å². The van der Waals surface area contributed by atoms with E-state index in [1.165, 1.54) is 19.3 Å². The Balaban J connectivity index is 0.000000147. The standard InChI is InChI=1S/C5H8O.H4OSi/c1-2-4-5(3-1)6-4;1-2/h4-5H,1-3H2;1H,2H3. The van der Waals surface area contributed by atoms with Gasteiger partial charge in [0.05, 0.1) is 12.2 Å². The lowest BCUT2D eigenvalue weighted by atomic mass is 10.4. The molecule has 0 aromatic carbocycles. The molecule has 0 bridgehead atoms. The number of fused-ring (bicyclic) bond motifs is 1. The second-order valence-corrected chi connectivity index (χ2v) is 2.14. The maximum absolute atomic E-state index is 7.14. The van der Waals surface area contributed by atoms with Crippen LogP contribution in [0.1, 0.15) is 19.3 Å². The Hall–Kier alpha value is 0.137. The molecule has 0 radical (unpaired) electrons. The average molecular weight is 132 g/mol. The van der Waals surface area contributed by atoms with E-state index in [0.717, 1.165) is 0 Å². The molecule has 2 nitrogen and oxygen atoms in total. The Morgan fingerprint density at radius 3 is 1.88 bits per heavy atom. The van der Waals surface area contributed by atoms with E-state index >= 15 is 0 Å². The van der Waals surface area contributed by atoms with E-state index in [0.29, 0.717) is 22.7 Å². The minimum Gasteiger partial charge on any atom is -0.442 e. The fraction of sp³-hybridized carbons (Fsp3) is 1.00. The summed E-state index contributed by atoms with van der Waals surface area (Å²) in [6.07, 6.45) is 5.51. The fourth-order valence-corrected chi connectivity index (χ4v) is 1.21. The highest BCUT2D eigenvalue weighted by Gasteiger charge is 2.42. The first kappa shape index (κ1) is 6.26. The van der Waals surface area contributed by atoms with Gasteiger partial charge < -0.3 is 9.53 Å². The average Bonchev–Trinajstić information content (AvgIpc) is 2.46. The van der Waals surface area contributed by atoms with Crippen LogP contribution in [-0.4, -0.2) is 27.5 Å². The molecule has 2 atom stereocenters. The molecule has 2 fully saturated rings. The third kappa shape index (κ3) is 1.10. The van der Waals surface area contributed by atoms with Crippen LogP contribution < -0.4 is 0 Å². The number of rotatable bonds is 0. The molecule has 1 saturated carbocycles. The molecule has 1 saturated heterocycles. The van der Waals surface area contributed by atoms with Crippen molar-refractivity contribution >= 4 is 10.5 Å². The zero-order chi connectivity index (χ0) is 5.98. The molecule has 0 aromatic rings. The molecule has 1 heterocycles. The highest BCUT2D eigenvalue weighted by atomic mass is 28.2. The van der Waals surface area contributed by atoms with Gasteiger partial charge in [-0.05, 0) is 19.3 Å². The van der Waals surface area contributed by atoms with Gasteiger partial charge in [0.2, 0.25) is 0 Å². The summed E-state index contributed by atoms with van der Waals surface area (Å²) in [6.45, 7) is 0. The first-order chi connectivity index (χ1) is 3.97. The summed E-state index contributed by atoms with van der Waals surface area (Å²) in [4.78, 5) is 7.14. The summed E-state index contributed by atoms with van der Waals surface area (Å²) in [5.74, 6) is 0. The summed E-state index contributed by atoms with van der Waals surface area (Å²) in [7, 11) is 0.306. The quantitative estimate of drug-likeness (QED) is 0.346. The van der Waals surface area contributed by atoms with Crippen LogP contribution in [0.5, 0.6) is 0 Å². The topological polar surface area (TPSA) is 32.8 Å². The molecular formula is C5H12O2Si. The van der Waals surface area contributed by atoms with Crippen molar-refractivity contribution in [1.29, 1.82) is 0 Å². The van der Waals surface area contributed by atoms with Crippen LogP contribution in [0.3, 0.4) is 0 Å². The fourth-order valence-electron chi connectivity index (χ4n) is 1.21. The second-order valence-electron chi connectivity index (χ2n) is 2.14. The molecule has 2 aliphatic rings. The molecule has 48 valence electrons. The van der Waals surface area contributed by atoms with Gasteiger partial charge >= 0.3 is 0 Å². The predicted molar refractivity (Wildman–Crippen MR) is 34.7 cm³/mol. The highest BCUT2D eigenvalue weighted by molar-refractivity contribution is 5.95. The Morgan fingerprint density at radius 2 is 1.75 bits per heavy atom. The van der Waals surface area contributed by atoms with E-state index in [9.17, 15) is 0 Å². The van der Waals surface area contributed by atoms with Crippen LogP contribution in [0, 0.1) is 0 Å². The number of ether oxygens (including phenoxy) is 1. The van der Waals surface area contributed by atoms with E-state index in [4.69, 9.17) is 9.53 Å². The lowest BCUT2D eigenvalue weighted by molar-refractivity contribution is 0.322. The number of epoxide rings is 1. The van der Waals surface area contributed by atoms with Crippen molar-refractivity contribution in [1.82, 2.24) is 0 Å². The van der Waals surface area contributed by atoms with Crippen LogP contribution in [0.4, 0.5) is 0 Å².